The smallest absolute Gasteiger partial charge is 0.0942 e. The number of aromatic nitrogens is 2. The second-order valence-electron chi connectivity index (χ2n) is 3.19. The number of rotatable bonds is 0. The SMILES string of the molecule is [c]1c2ccccc2cc2nnccc12. The average Bonchev–Trinajstić information content (AvgIpc) is 2.26. The van der Waals surface area contributed by atoms with E-state index in [0.29, 0.717) is 0 Å². The Bertz CT molecular complexity index is 497. The summed E-state index contributed by atoms with van der Waals surface area (Å²) >= 11 is 0. The Kier molecular flexibility index (Phi) is 1.47. The molecule has 2 aromatic carbocycles. The van der Waals surface area contributed by atoms with Crippen LogP contribution in [-0.4, -0.2) is 10.2 Å². The molecular formula is C12H7N2. The van der Waals surface area contributed by atoms with Gasteiger partial charge in [0.15, 0.2) is 0 Å². The van der Waals surface area contributed by atoms with Crippen LogP contribution in [0.5, 0.6) is 0 Å². The van der Waals surface area contributed by atoms with Crippen molar-refractivity contribution in [3.63, 3.8) is 0 Å². The molecule has 0 N–H and O–H groups in total. The highest BCUT2D eigenvalue weighted by atomic mass is 15.1. The van der Waals surface area contributed by atoms with Gasteiger partial charge in [0.05, 0.1) is 11.7 Å². The monoisotopic (exact) mass is 179 g/mol. The Balaban J connectivity index is 2.52. The molecule has 14 heavy (non-hydrogen) atoms. The lowest BCUT2D eigenvalue weighted by atomic mass is 10.1. The van der Waals surface area contributed by atoms with Gasteiger partial charge in [0.25, 0.3) is 0 Å². The number of fused-ring (bicyclic) bond motifs is 2. The van der Waals surface area contributed by atoms with Crippen LogP contribution in [0.25, 0.3) is 21.7 Å². The van der Waals surface area contributed by atoms with Crippen LogP contribution in [0.1, 0.15) is 0 Å². The molecule has 65 valence electrons. The Morgan fingerprint density at radius 1 is 1.00 bits per heavy atom. The average molecular weight is 179 g/mol. The molecule has 0 saturated carbocycles. The predicted octanol–water partition coefficient (Wildman–Crippen LogP) is 2.58. The molecule has 1 heterocycles. The van der Waals surface area contributed by atoms with Crippen LogP contribution in [0.2, 0.25) is 0 Å². The van der Waals surface area contributed by atoms with Crippen LogP contribution < -0.4 is 0 Å². The summed E-state index contributed by atoms with van der Waals surface area (Å²) in [6.07, 6.45) is 1.69. The quantitative estimate of drug-likeness (QED) is 0.496. The van der Waals surface area contributed by atoms with Gasteiger partial charge in [-0.05, 0) is 22.9 Å². The Labute approximate surface area is 81.2 Å². The third-order valence-electron chi connectivity index (χ3n) is 2.27. The maximum Gasteiger partial charge on any atom is 0.0942 e. The molecule has 2 heteroatoms. The molecule has 0 atom stereocenters. The lowest BCUT2D eigenvalue weighted by Gasteiger charge is -1.98. The highest BCUT2D eigenvalue weighted by Gasteiger charge is 1.97. The van der Waals surface area contributed by atoms with Gasteiger partial charge in [0, 0.05) is 11.5 Å². The van der Waals surface area contributed by atoms with Crippen molar-refractivity contribution in [3.8, 4) is 0 Å². The minimum atomic E-state index is 0.895. The van der Waals surface area contributed by atoms with Gasteiger partial charge >= 0.3 is 0 Å². The molecule has 0 aliphatic carbocycles. The maximum atomic E-state index is 4.05. The molecule has 0 amide bonds. The lowest BCUT2D eigenvalue weighted by Crippen LogP contribution is -1.82. The van der Waals surface area contributed by atoms with Crippen molar-refractivity contribution in [3.05, 3.63) is 48.7 Å². The second-order valence-corrected chi connectivity index (χ2v) is 3.19. The van der Waals surface area contributed by atoms with Crippen molar-refractivity contribution >= 4 is 21.7 Å². The van der Waals surface area contributed by atoms with Crippen LogP contribution >= 0.6 is 0 Å². The summed E-state index contributed by atoms with van der Waals surface area (Å²) in [4.78, 5) is 0. The van der Waals surface area contributed by atoms with Crippen molar-refractivity contribution in [2.45, 2.75) is 0 Å². The van der Waals surface area contributed by atoms with Crippen molar-refractivity contribution in [1.29, 1.82) is 0 Å². The van der Waals surface area contributed by atoms with Crippen molar-refractivity contribution < 1.29 is 0 Å². The lowest BCUT2D eigenvalue weighted by molar-refractivity contribution is 1.08. The Morgan fingerprint density at radius 3 is 2.93 bits per heavy atom. The van der Waals surface area contributed by atoms with Crippen molar-refractivity contribution in [2.24, 2.45) is 0 Å². The van der Waals surface area contributed by atoms with Crippen LogP contribution in [0.4, 0.5) is 0 Å². The first-order valence-electron chi connectivity index (χ1n) is 4.46. The van der Waals surface area contributed by atoms with Crippen LogP contribution in [-0.2, 0) is 0 Å². The first kappa shape index (κ1) is 7.44. The fourth-order valence-electron chi connectivity index (χ4n) is 1.58. The number of hydrogen-bond acceptors (Lipinski definition) is 2. The summed E-state index contributed by atoms with van der Waals surface area (Å²) < 4.78 is 0. The van der Waals surface area contributed by atoms with E-state index in [4.69, 9.17) is 0 Å². The maximum absolute atomic E-state index is 4.05. The zero-order valence-electron chi connectivity index (χ0n) is 7.44. The Hall–Kier alpha value is -1.96. The first-order chi connectivity index (χ1) is 6.93. The molecule has 0 saturated heterocycles. The molecule has 0 bridgehead atoms. The van der Waals surface area contributed by atoms with Crippen molar-refractivity contribution in [2.75, 3.05) is 0 Å². The van der Waals surface area contributed by atoms with Gasteiger partial charge in [-0.1, -0.05) is 24.3 Å². The molecule has 0 fully saturated rings. The number of nitrogens with zero attached hydrogens (tertiary/aromatic N) is 2. The summed E-state index contributed by atoms with van der Waals surface area (Å²) in [5, 5.41) is 11.2. The van der Waals surface area contributed by atoms with Crippen LogP contribution in [0.3, 0.4) is 0 Å². The second kappa shape index (κ2) is 2.77. The molecule has 0 spiro atoms. The topological polar surface area (TPSA) is 25.8 Å². The minimum Gasteiger partial charge on any atom is -0.159 e. The fourth-order valence-corrected chi connectivity index (χ4v) is 1.58. The first-order valence-corrected chi connectivity index (χ1v) is 4.46. The van der Waals surface area contributed by atoms with E-state index in [9.17, 15) is 0 Å². The summed E-state index contributed by atoms with van der Waals surface area (Å²) in [5.74, 6) is 0. The van der Waals surface area contributed by atoms with Gasteiger partial charge in [-0.3, -0.25) is 0 Å². The van der Waals surface area contributed by atoms with Gasteiger partial charge in [-0.25, -0.2) is 0 Å². The normalized spacial score (nSPS) is 10.9. The summed E-state index contributed by atoms with van der Waals surface area (Å²) in [6.45, 7) is 0. The largest absolute Gasteiger partial charge is 0.159 e. The van der Waals surface area contributed by atoms with E-state index in [1.807, 2.05) is 24.3 Å². The molecule has 3 rings (SSSR count). The predicted molar refractivity (Wildman–Crippen MR) is 55.9 cm³/mol. The van der Waals surface area contributed by atoms with Gasteiger partial charge in [0.2, 0.25) is 0 Å². The summed E-state index contributed by atoms with van der Waals surface area (Å²) in [6, 6.07) is 15.4. The third kappa shape index (κ3) is 1.04. The fraction of sp³-hybridized carbons (Fsp3) is 0. The van der Waals surface area contributed by atoms with Crippen LogP contribution in [0, 0.1) is 6.07 Å². The molecule has 0 aliphatic rings. The minimum absolute atomic E-state index is 0.895. The standard InChI is InChI=1S/C12H7N2/c1-2-4-10-8-12-11(5-6-13-14-12)7-9(10)3-1/h1-6,8H. The van der Waals surface area contributed by atoms with E-state index >= 15 is 0 Å². The molecule has 3 aromatic rings. The van der Waals surface area contributed by atoms with Crippen LogP contribution in [0.15, 0.2) is 42.6 Å². The zero-order valence-corrected chi connectivity index (χ0v) is 7.44. The molecule has 0 unspecified atom stereocenters. The van der Waals surface area contributed by atoms with E-state index in [1.165, 1.54) is 0 Å². The highest BCUT2D eigenvalue weighted by Crippen LogP contribution is 2.19. The van der Waals surface area contributed by atoms with E-state index in [2.05, 4.69) is 28.4 Å². The third-order valence-corrected chi connectivity index (χ3v) is 2.27. The Morgan fingerprint density at radius 2 is 1.93 bits per heavy atom. The van der Waals surface area contributed by atoms with Gasteiger partial charge in [-0.15, -0.1) is 0 Å². The summed E-state index contributed by atoms with van der Waals surface area (Å²) in [7, 11) is 0. The molecule has 0 aliphatic heterocycles. The van der Waals surface area contributed by atoms with Gasteiger partial charge < -0.3 is 0 Å². The van der Waals surface area contributed by atoms with E-state index in [1.54, 1.807) is 6.20 Å². The van der Waals surface area contributed by atoms with Gasteiger partial charge in [-0.2, -0.15) is 10.2 Å². The molecule has 2 nitrogen and oxygen atoms in total. The van der Waals surface area contributed by atoms with E-state index in [0.717, 1.165) is 21.7 Å². The zero-order chi connectivity index (χ0) is 9.38. The molecule has 1 radical (unpaired) electrons. The van der Waals surface area contributed by atoms with Gasteiger partial charge in [0.1, 0.15) is 0 Å². The highest BCUT2D eigenvalue weighted by molar-refractivity contribution is 5.95. The summed E-state index contributed by atoms with van der Waals surface area (Å²) in [5.41, 5.74) is 0.895. The van der Waals surface area contributed by atoms with E-state index in [-0.39, 0.29) is 0 Å². The molecule has 1 aromatic heterocycles. The van der Waals surface area contributed by atoms with E-state index < -0.39 is 0 Å². The van der Waals surface area contributed by atoms with Crippen molar-refractivity contribution in [1.82, 2.24) is 10.2 Å². The molecular weight excluding hydrogens is 172 g/mol. The number of benzene rings is 2. The number of hydrogen-bond donors (Lipinski definition) is 0.